The second kappa shape index (κ2) is 7.99. The lowest BCUT2D eigenvalue weighted by atomic mass is 9.78. The molecule has 0 bridgehead atoms. The van der Waals surface area contributed by atoms with Gasteiger partial charge in [-0.15, -0.1) is 5.10 Å². The smallest absolute Gasteiger partial charge is 0.244 e. The highest BCUT2D eigenvalue weighted by Crippen LogP contribution is 2.47. The van der Waals surface area contributed by atoms with Crippen LogP contribution in [0, 0.1) is 17.1 Å². The molecule has 144 valence electrons. The summed E-state index contributed by atoms with van der Waals surface area (Å²) in [4.78, 5) is 0. The first kappa shape index (κ1) is 20.7. The first-order chi connectivity index (χ1) is 12.7. The number of aromatic nitrogens is 2. The van der Waals surface area contributed by atoms with Crippen LogP contribution in [0.4, 0.5) is 4.39 Å². The van der Waals surface area contributed by atoms with Gasteiger partial charge in [0.05, 0.1) is 11.5 Å². The van der Waals surface area contributed by atoms with Crippen LogP contribution < -0.4 is 10.5 Å². The number of nitrogens with two attached hydrogens (primary N) is 1. The lowest BCUT2D eigenvalue weighted by Crippen LogP contribution is -2.24. The van der Waals surface area contributed by atoms with Crippen LogP contribution in [-0.4, -0.2) is 21.9 Å². The fraction of sp³-hybridized carbons (Fsp3) is 0.368. The Balaban J connectivity index is 0.000000817. The number of aliphatic hydroxyl groups excluding tert-OH is 1. The van der Waals surface area contributed by atoms with Gasteiger partial charge in [-0.05, 0) is 19.1 Å². The summed E-state index contributed by atoms with van der Waals surface area (Å²) in [6, 6.07) is 6.43. The average Bonchev–Trinajstić information content (AvgIpc) is 2.98. The van der Waals surface area contributed by atoms with Crippen LogP contribution >= 0.6 is 11.6 Å². The van der Waals surface area contributed by atoms with Gasteiger partial charge in [0, 0.05) is 28.3 Å². The molecule has 0 saturated heterocycles. The summed E-state index contributed by atoms with van der Waals surface area (Å²) >= 11 is 6.25. The number of nitrogens with one attached hydrogen (secondary N) is 1. The SMILES string of the molecule is CC(C)(C)c1[nH]nc2c1C(c1c(F)cccc1Cl)C(C#N)=C(N)O2.CCO. The summed E-state index contributed by atoms with van der Waals surface area (Å²) in [5.74, 6) is -1.15. The van der Waals surface area contributed by atoms with Gasteiger partial charge < -0.3 is 15.6 Å². The topological polar surface area (TPSA) is 108 Å². The van der Waals surface area contributed by atoms with Crippen molar-refractivity contribution in [2.24, 2.45) is 5.73 Å². The molecule has 1 unspecified atom stereocenters. The van der Waals surface area contributed by atoms with Crippen molar-refractivity contribution < 1.29 is 14.2 Å². The zero-order valence-corrected chi connectivity index (χ0v) is 16.4. The lowest BCUT2D eigenvalue weighted by Gasteiger charge is -2.28. The van der Waals surface area contributed by atoms with E-state index in [1.807, 2.05) is 26.8 Å². The Morgan fingerprint density at radius 2 is 2.04 bits per heavy atom. The van der Waals surface area contributed by atoms with E-state index in [0.717, 1.165) is 5.69 Å². The van der Waals surface area contributed by atoms with Crippen molar-refractivity contribution in [3.63, 3.8) is 0 Å². The number of ether oxygens (including phenoxy) is 1. The van der Waals surface area contributed by atoms with Gasteiger partial charge in [0.2, 0.25) is 11.8 Å². The number of aliphatic hydroxyl groups is 1. The van der Waals surface area contributed by atoms with E-state index in [4.69, 9.17) is 27.2 Å². The van der Waals surface area contributed by atoms with Gasteiger partial charge in [-0.2, -0.15) is 5.26 Å². The molecule has 3 rings (SSSR count). The Hall–Kier alpha value is -2.56. The third kappa shape index (κ3) is 3.92. The van der Waals surface area contributed by atoms with Crippen LogP contribution in [-0.2, 0) is 5.41 Å². The van der Waals surface area contributed by atoms with Crippen molar-refractivity contribution >= 4 is 11.6 Å². The highest BCUT2D eigenvalue weighted by Gasteiger charge is 2.39. The molecule has 6 nitrogen and oxygen atoms in total. The Morgan fingerprint density at radius 1 is 1.41 bits per heavy atom. The minimum atomic E-state index is -0.777. The number of fused-ring (bicyclic) bond motifs is 1. The molecule has 1 aromatic carbocycles. The number of nitriles is 1. The zero-order chi connectivity index (χ0) is 20.4. The predicted octanol–water partition coefficient (Wildman–Crippen LogP) is 3.72. The molecular formula is C19H22ClFN4O2. The van der Waals surface area contributed by atoms with E-state index in [9.17, 15) is 9.65 Å². The molecule has 0 spiro atoms. The summed E-state index contributed by atoms with van der Waals surface area (Å²) in [6.45, 7) is 7.87. The molecule has 0 radical (unpaired) electrons. The van der Waals surface area contributed by atoms with Gasteiger partial charge in [-0.25, -0.2) is 4.39 Å². The van der Waals surface area contributed by atoms with Crippen molar-refractivity contribution in [1.29, 1.82) is 5.26 Å². The number of nitrogens with zero attached hydrogens (tertiary/aromatic N) is 2. The molecule has 0 fully saturated rings. The standard InChI is InChI=1S/C17H16ClFN4O.C2H6O/c1-17(2,3)14-13-11(12-9(18)5-4-6-10(12)19)8(7-20)15(21)24-16(13)23-22-14;1-2-3/h4-6,11H,21H2,1-3H3,(H,22,23);3H,2H2,1H3. The second-order valence-corrected chi connectivity index (χ2v) is 7.35. The van der Waals surface area contributed by atoms with E-state index in [2.05, 4.69) is 10.2 Å². The Labute approximate surface area is 162 Å². The van der Waals surface area contributed by atoms with Gasteiger partial charge >= 0.3 is 0 Å². The van der Waals surface area contributed by atoms with E-state index in [0.29, 0.717) is 5.56 Å². The number of aromatic amines is 1. The van der Waals surface area contributed by atoms with Crippen molar-refractivity contribution in [2.75, 3.05) is 6.61 Å². The van der Waals surface area contributed by atoms with E-state index in [-0.39, 0.29) is 39.9 Å². The lowest BCUT2D eigenvalue weighted by molar-refractivity contribution is 0.318. The third-order valence-corrected chi connectivity index (χ3v) is 4.31. The zero-order valence-electron chi connectivity index (χ0n) is 15.6. The minimum Gasteiger partial charge on any atom is -0.420 e. The molecule has 8 heteroatoms. The molecule has 1 atom stereocenters. The molecule has 27 heavy (non-hydrogen) atoms. The van der Waals surface area contributed by atoms with E-state index >= 15 is 0 Å². The number of hydrogen-bond donors (Lipinski definition) is 3. The highest BCUT2D eigenvalue weighted by atomic mass is 35.5. The quantitative estimate of drug-likeness (QED) is 0.685. The molecule has 0 amide bonds. The van der Waals surface area contributed by atoms with Gasteiger partial charge in [-0.1, -0.05) is 38.4 Å². The number of allylic oxidation sites excluding steroid dienone is 1. The first-order valence-corrected chi connectivity index (χ1v) is 8.76. The molecule has 1 aliphatic heterocycles. The summed E-state index contributed by atoms with van der Waals surface area (Å²) in [7, 11) is 0. The van der Waals surface area contributed by atoms with E-state index < -0.39 is 11.7 Å². The van der Waals surface area contributed by atoms with Gasteiger partial charge in [0.1, 0.15) is 17.5 Å². The molecule has 2 heterocycles. The number of halogens is 2. The maximum atomic E-state index is 14.6. The minimum absolute atomic E-state index is 0.0960. The summed E-state index contributed by atoms with van der Waals surface area (Å²) < 4.78 is 20.0. The van der Waals surface area contributed by atoms with Crippen molar-refractivity contribution in [2.45, 2.75) is 39.0 Å². The molecular weight excluding hydrogens is 371 g/mol. The van der Waals surface area contributed by atoms with Crippen LogP contribution in [0.2, 0.25) is 5.02 Å². The van der Waals surface area contributed by atoms with Gasteiger partial charge in [-0.3, -0.25) is 5.10 Å². The summed E-state index contributed by atoms with van der Waals surface area (Å²) in [5.41, 5.74) is 7.16. The fourth-order valence-corrected chi connectivity index (χ4v) is 3.16. The van der Waals surface area contributed by atoms with E-state index in [1.165, 1.54) is 12.1 Å². The first-order valence-electron chi connectivity index (χ1n) is 8.38. The monoisotopic (exact) mass is 392 g/mol. The average molecular weight is 393 g/mol. The highest BCUT2D eigenvalue weighted by molar-refractivity contribution is 6.31. The van der Waals surface area contributed by atoms with Crippen molar-refractivity contribution in [3.05, 3.63) is 57.3 Å². The Bertz CT molecular complexity index is 889. The van der Waals surface area contributed by atoms with Gasteiger partial charge in [0.25, 0.3) is 0 Å². The molecule has 2 aromatic rings. The molecule has 0 saturated carbocycles. The van der Waals surface area contributed by atoms with E-state index in [1.54, 1.807) is 13.0 Å². The summed E-state index contributed by atoms with van der Waals surface area (Å²) in [5, 5.41) is 24.4. The van der Waals surface area contributed by atoms with Crippen LogP contribution in [0.5, 0.6) is 5.88 Å². The molecule has 1 aliphatic rings. The van der Waals surface area contributed by atoms with Gasteiger partial charge in [0.15, 0.2) is 0 Å². The third-order valence-electron chi connectivity index (χ3n) is 3.98. The molecule has 1 aromatic heterocycles. The Kier molecular flexibility index (Phi) is 6.14. The molecule has 0 aliphatic carbocycles. The van der Waals surface area contributed by atoms with Crippen LogP contribution in [0.3, 0.4) is 0 Å². The number of H-pyrrole nitrogens is 1. The van der Waals surface area contributed by atoms with Crippen molar-refractivity contribution in [3.8, 4) is 11.9 Å². The number of rotatable bonds is 1. The molecule has 4 N–H and O–H groups in total. The van der Waals surface area contributed by atoms with Crippen molar-refractivity contribution in [1.82, 2.24) is 10.2 Å². The van der Waals surface area contributed by atoms with Crippen LogP contribution in [0.25, 0.3) is 0 Å². The maximum Gasteiger partial charge on any atom is 0.244 e. The van der Waals surface area contributed by atoms with Crippen LogP contribution in [0.1, 0.15) is 50.4 Å². The van der Waals surface area contributed by atoms with Crippen LogP contribution in [0.15, 0.2) is 29.7 Å². The fourth-order valence-electron chi connectivity index (χ4n) is 2.89. The predicted molar refractivity (Wildman–Crippen MR) is 101 cm³/mol. The largest absolute Gasteiger partial charge is 0.420 e. The maximum absolute atomic E-state index is 14.6. The second-order valence-electron chi connectivity index (χ2n) is 6.94. The normalized spacial score (nSPS) is 16.0. The Morgan fingerprint density at radius 3 is 2.56 bits per heavy atom. The number of benzene rings is 1. The number of hydrogen-bond acceptors (Lipinski definition) is 5. The summed E-state index contributed by atoms with van der Waals surface area (Å²) in [6.07, 6.45) is 0.